The van der Waals surface area contributed by atoms with Crippen LogP contribution in [0.5, 0.6) is 17.2 Å². The third kappa shape index (κ3) is 5.29. The molecule has 0 spiro atoms. The number of hydrogen-bond donors (Lipinski definition) is 0. The lowest BCUT2D eigenvalue weighted by molar-refractivity contribution is -0.142. The Morgan fingerprint density at radius 3 is 2.06 bits per heavy atom. The summed E-state index contributed by atoms with van der Waals surface area (Å²) in [6, 6.07) is 23.5. The van der Waals surface area contributed by atoms with Gasteiger partial charge in [-0.3, -0.25) is 0 Å². The van der Waals surface area contributed by atoms with Gasteiger partial charge in [0, 0.05) is 0 Å². The smallest absolute Gasteiger partial charge is 0.373 e. The van der Waals surface area contributed by atoms with Crippen molar-refractivity contribution < 1.29 is 23.7 Å². The van der Waals surface area contributed by atoms with Gasteiger partial charge in [0.2, 0.25) is 5.76 Å². The summed E-state index contributed by atoms with van der Waals surface area (Å²) in [7, 11) is 0. The summed E-state index contributed by atoms with van der Waals surface area (Å²) in [5.74, 6) is 2.14. The van der Waals surface area contributed by atoms with Crippen LogP contribution in [0.2, 0.25) is 0 Å². The summed E-state index contributed by atoms with van der Waals surface area (Å²) in [6.45, 7) is 5.44. The highest BCUT2D eigenvalue weighted by molar-refractivity contribution is 5.91. The van der Waals surface area contributed by atoms with Gasteiger partial charge in [-0.25, -0.2) is 4.79 Å². The molecule has 6 nitrogen and oxygen atoms in total. The molecule has 0 saturated carbocycles. The van der Waals surface area contributed by atoms with E-state index in [1.54, 1.807) is 13.0 Å². The van der Waals surface area contributed by atoms with E-state index >= 15 is 0 Å². The van der Waals surface area contributed by atoms with Gasteiger partial charge in [0.05, 0.1) is 31.1 Å². The lowest BCUT2D eigenvalue weighted by atomic mass is 10.1. The van der Waals surface area contributed by atoms with Crippen molar-refractivity contribution in [2.45, 2.75) is 13.8 Å². The first-order valence-electron chi connectivity index (χ1n) is 11.1. The number of para-hydroxylation sites is 4. The molecule has 1 heterocycles. The molecule has 0 atom stereocenters. The summed E-state index contributed by atoms with van der Waals surface area (Å²) in [5, 5.41) is 0. The van der Waals surface area contributed by atoms with E-state index in [9.17, 15) is 4.79 Å². The number of benzene rings is 3. The first kappa shape index (κ1) is 22.3. The van der Waals surface area contributed by atoms with Crippen molar-refractivity contribution in [1.29, 1.82) is 0 Å². The second kappa shape index (κ2) is 10.6. The molecule has 0 saturated heterocycles. The van der Waals surface area contributed by atoms with Gasteiger partial charge in [-0.2, -0.15) is 0 Å². The number of hydrogen-bond acceptors (Lipinski definition) is 6. The van der Waals surface area contributed by atoms with Gasteiger partial charge < -0.3 is 23.8 Å². The van der Waals surface area contributed by atoms with Crippen molar-refractivity contribution in [3.05, 3.63) is 84.1 Å². The molecule has 33 heavy (non-hydrogen) atoms. The van der Waals surface area contributed by atoms with Crippen molar-refractivity contribution in [2.75, 3.05) is 31.3 Å². The number of carbonyl (C=O) groups is 1. The summed E-state index contributed by atoms with van der Waals surface area (Å²) < 4.78 is 22.5. The van der Waals surface area contributed by atoms with E-state index < -0.39 is 5.97 Å². The highest BCUT2D eigenvalue weighted by Crippen LogP contribution is 2.45. The van der Waals surface area contributed by atoms with Gasteiger partial charge in [-0.05, 0) is 61.9 Å². The Balaban J connectivity index is 1.42. The molecule has 0 amide bonds. The molecule has 6 heteroatoms. The molecule has 0 N–H and O–H groups in total. The Bertz CT molecular complexity index is 1080. The van der Waals surface area contributed by atoms with E-state index in [2.05, 4.69) is 4.90 Å². The van der Waals surface area contributed by atoms with Gasteiger partial charge in [-0.1, -0.05) is 36.4 Å². The number of esters is 1. The third-order valence-corrected chi connectivity index (χ3v) is 5.07. The maximum atomic E-state index is 12.0. The van der Waals surface area contributed by atoms with Crippen LogP contribution in [-0.4, -0.2) is 32.3 Å². The Labute approximate surface area is 194 Å². The summed E-state index contributed by atoms with van der Waals surface area (Å²) >= 11 is 0. The first-order valence-corrected chi connectivity index (χ1v) is 11.1. The first-order chi connectivity index (χ1) is 16.2. The maximum Gasteiger partial charge on any atom is 0.373 e. The van der Waals surface area contributed by atoms with Gasteiger partial charge in [0.25, 0.3) is 0 Å². The van der Waals surface area contributed by atoms with Crippen molar-refractivity contribution in [2.24, 2.45) is 0 Å². The second-order valence-corrected chi connectivity index (χ2v) is 7.27. The normalized spacial score (nSPS) is 12.3. The fourth-order valence-electron chi connectivity index (χ4n) is 3.61. The predicted molar refractivity (Wildman–Crippen MR) is 128 cm³/mol. The lowest BCUT2D eigenvalue weighted by Crippen LogP contribution is -2.26. The number of nitrogens with zero attached hydrogens (tertiary/aromatic N) is 1. The standard InChI is InChI=1S/C27H27NO5/c1-3-30-26(27(29)31-4-2)19-20-13-15-21(16-14-20)32-18-17-28-22-9-5-7-11-24(22)33-25-12-8-6-10-23(25)28/h5-16,19H,3-4,17-18H2,1-2H3/b26-19+. The molecular formula is C27H27NO5. The molecule has 0 fully saturated rings. The summed E-state index contributed by atoms with van der Waals surface area (Å²) in [4.78, 5) is 14.2. The average Bonchev–Trinajstić information content (AvgIpc) is 2.84. The molecule has 0 radical (unpaired) electrons. The van der Waals surface area contributed by atoms with Crippen LogP contribution in [0.25, 0.3) is 6.08 Å². The molecule has 1 aliphatic rings. The summed E-state index contributed by atoms with van der Waals surface area (Å²) in [6.07, 6.45) is 1.67. The highest BCUT2D eigenvalue weighted by atomic mass is 16.6. The topological polar surface area (TPSA) is 57.2 Å². The molecule has 0 aromatic heterocycles. The van der Waals surface area contributed by atoms with E-state index in [0.29, 0.717) is 26.4 Å². The van der Waals surface area contributed by atoms with Crippen LogP contribution in [0, 0.1) is 0 Å². The molecule has 0 aliphatic carbocycles. The zero-order valence-corrected chi connectivity index (χ0v) is 18.8. The number of fused-ring (bicyclic) bond motifs is 2. The van der Waals surface area contributed by atoms with E-state index in [4.69, 9.17) is 18.9 Å². The molecule has 0 bridgehead atoms. The number of anilines is 2. The predicted octanol–water partition coefficient (Wildman–Crippen LogP) is 5.95. The lowest BCUT2D eigenvalue weighted by Gasteiger charge is -2.32. The molecule has 170 valence electrons. The van der Waals surface area contributed by atoms with Gasteiger partial charge >= 0.3 is 5.97 Å². The SMILES string of the molecule is CCOC(=O)/C(=C\c1ccc(OCCN2c3ccccc3Oc3ccccc32)cc1)OCC. The van der Waals surface area contributed by atoms with Crippen LogP contribution in [0.15, 0.2) is 78.6 Å². The van der Waals surface area contributed by atoms with Crippen LogP contribution < -0.4 is 14.4 Å². The average molecular weight is 446 g/mol. The van der Waals surface area contributed by atoms with Gasteiger partial charge in [0.15, 0.2) is 11.5 Å². The van der Waals surface area contributed by atoms with Crippen molar-refractivity contribution in [3.8, 4) is 17.2 Å². The van der Waals surface area contributed by atoms with Crippen LogP contribution in [0.3, 0.4) is 0 Å². The molecule has 1 aliphatic heterocycles. The molecule has 3 aromatic carbocycles. The van der Waals surface area contributed by atoms with Gasteiger partial charge in [0.1, 0.15) is 12.4 Å². The summed E-state index contributed by atoms with van der Waals surface area (Å²) in [5.41, 5.74) is 2.86. The Hall–Kier alpha value is -3.93. The largest absolute Gasteiger partial charge is 0.492 e. The van der Waals surface area contributed by atoms with Crippen LogP contribution >= 0.6 is 0 Å². The zero-order chi connectivity index (χ0) is 23.0. The van der Waals surface area contributed by atoms with E-state index in [1.807, 2.05) is 79.7 Å². The minimum atomic E-state index is -0.467. The monoisotopic (exact) mass is 445 g/mol. The van der Waals surface area contributed by atoms with Crippen LogP contribution in [-0.2, 0) is 14.3 Å². The van der Waals surface area contributed by atoms with E-state index in [-0.39, 0.29) is 5.76 Å². The number of carbonyl (C=O) groups excluding carboxylic acids is 1. The Morgan fingerprint density at radius 1 is 0.848 bits per heavy atom. The van der Waals surface area contributed by atoms with Gasteiger partial charge in [-0.15, -0.1) is 0 Å². The number of ether oxygens (including phenoxy) is 4. The molecule has 3 aromatic rings. The molecule has 4 rings (SSSR count). The Kier molecular flexibility index (Phi) is 7.15. The molecular weight excluding hydrogens is 418 g/mol. The van der Waals surface area contributed by atoms with Crippen molar-refractivity contribution >= 4 is 23.4 Å². The van der Waals surface area contributed by atoms with Crippen LogP contribution in [0.1, 0.15) is 19.4 Å². The van der Waals surface area contributed by atoms with Crippen molar-refractivity contribution in [3.63, 3.8) is 0 Å². The van der Waals surface area contributed by atoms with E-state index in [1.165, 1.54) is 0 Å². The van der Waals surface area contributed by atoms with Crippen LogP contribution in [0.4, 0.5) is 11.4 Å². The van der Waals surface area contributed by atoms with Crippen molar-refractivity contribution in [1.82, 2.24) is 0 Å². The quantitative estimate of drug-likeness (QED) is 0.230. The fourth-order valence-corrected chi connectivity index (χ4v) is 3.61. The fraction of sp³-hybridized carbons (Fsp3) is 0.222. The highest BCUT2D eigenvalue weighted by Gasteiger charge is 2.23. The minimum Gasteiger partial charge on any atom is -0.492 e. The second-order valence-electron chi connectivity index (χ2n) is 7.27. The molecule has 0 unspecified atom stereocenters. The zero-order valence-electron chi connectivity index (χ0n) is 18.8. The third-order valence-electron chi connectivity index (χ3n) is 5.07. The number of rotatable bonds is 9. The minimum absolute atomic E-state index is 0.192. The Morgan fingerprint density at radius 2 is 1.45 bits per heavy atom. The van der Waals surface area contributed by atoms with E-state index in [0.717, 1.165) is 34.2 Å². The maximum absolute atomic E-state index is 12.0.